The van der Waals surface area contributed by atoms with Crippen molar-refractivity contribution in [3.8, 4) is 51.7 Å². The zero-order chi connectivity index (χ0) is 107. The van der Waals surface area contributed by atoms with Crippen molar-refractivity contribution < 1.29 is 91.7 Å². The zero-order valence-electron chi connectivity index (χ0n) is 85.3. The van der Waals surface area contributed by atoms with E-state index >= 15 is 0 Å². The van der Waals surface area contributed by atoms with Crippen molar-refractivity contribution in [1.29, 1.82) is 0 Å². The Morgan fingerprint density at radius 3 is 0.919 bits per heavy atom. The van der Waals surface area contributed by atoms with Gasteiger partial charge >= 0.3 is 5.97 Å². The van der Waals surface area contributed by atoms with Crippen LogP contribution in [-0.4, -0.2) is 109 Å². The lowest BCUT2D eigenvalue weighted by atomic mass is 10.0. The summed E-state index contributed by atoms with van der Waals surface area (Å²) in [4.78, 5) is 122. The van der Waals surface area contributed by atoms with Crippen LogP contribution in [0.1, 0.15) is 214 Å². The number of carbonyl (C=O) groups excluding carboxylic acids is 10. The molecule has 22 nitrogen and oxygen atoms in total. The topological polar surface area (TPSA) is 323 Å². The van der Waals surface area contributed by atoms with Crippen molar-refractivity contribution in [2.75, 3.05) is 51.0 Å². The van der Waals surface area contributed by atoms with Crippen molar-refractivity contribution >= 4 is 88.0 Å². The van der Waals surface area contributed by atoms with Crippen LogP contribution in [0.15, 0.2) is 381 Å². The van der Waals surface area contributed by atoms with Gasteiger partial charge in [-0.2, -0.15) is 0 Å². The van der Waals surface area contributed by atoms with E-state index in [2.05, 4.69) is 66.7 Å². The van der Waals surface area contributed by atoms with E-state index < -0.39 is 5.97 Å². The van der Waals surface area contributed by atoms with E-state index in [4.69, 9.17) is 28.4 Å². The molecule has 16 aromatic carbocycles. The van der Waals surface area contributed by atoms with Crippen LogP contribution in [0.4, 0.5) is 17.1 Å². The standard InChI is InChI=1S/C23H29NO3.C22H21NO2.C21H17NO3.C16H14O4.2C15H14O3.C14H12OS/c1-3-4-5-6-7-10-17-27-20-15-13-19(14-16-20)23(26)21-11-8-9-12-22(21)24-18(2)25;1-16-7-9-17(10-8-16)15-23-21-6-4-3-5-20(21)22(24)18-11-13-19(25-2)14-12-18;1-25-17-13-11-15(12-14-17)20(23)18-9-5-6-10-19(18)22-21(24)16-7-3-2-4-8-16;1-10-3-8-14(15(18)9-10)16(19)12-4-6-13(7-5-12)20-11(2)17;2*1-10-3-8-13(14(16)9-10)15(17)11-4-6-12(18-2)7-5-11;1-10-6-8-11(9-7-10)14(15)12-4-2-3-5-13(12)16/h8-9,11-16H,3-7,10,17H2,1-2H3,(H,24,25);3-14,23H,15H2,1-2H3;2-14H,1H3,(H,22,24);3-9,18H,1-2H3;2*3-9,16H,1-2H3;2-9,16H,1H3. The zero-order valence-corrected chi connectivity index (χ0v) is 86.2. The minimum Gasteiger partial charge on any atom is -0.507 e. The summed E-state index contributed by atoms with van der Waals surface area (Å²) in [6.07, 6.45) is 7.37. The number of unbranched alkanes of at least 4 members (excludes halogenated alkanes) is 5. The summed E-state index contributed by atoms with van der Waals surface area (Å²) >= 11 is 4.29. The number of para-hydroxylation sites is 3. The SMILES string of the molecule is CC(=O)Oc1ccc(C(=O)c2ccc(C)cc2O)cc1.CCCCCCCCOc1ccc(C(=O)c2ccccc2NC(C)=O)cc1.COc1ccc(C(=O)c2ccc(C)cc2O)cc1.COc1ccc(C(=O)c2ccc(C)cc2O)cc1.COc1ccc(C(=O)c2ccccc2NC(=O)c2ccccc2)cc1.COc1ccc(C(=O)c2ccccc2NCc2ccc(C)cc2)cc1.Cc1ccc(C(=O)c2ccccc2S)cc1. The van der Waals surface area contributed by atoms with E-state index in [1.807, 2.05) is 113 Å². The highest BCUT2D eigenvalue weighted by Gasteiger charge is 2.22. The fourth-order valence-electron chi connectivity index (χ4n) is 14.8. The molecule has 0 spiro atoms. The van der Waals surface area contributed by atoms with Gasteiger partial charge in [0.2, 0.25) is 5.91 Å². The highest BCUT2D eigenvalue weighted by Crippen LogP contribution is 2.32. The predicted molar refractivity (Wildman–Crippen MR) is 589 cm³/mol. The second kappa shape index (κ2) is 58.2. The Morgan fingerprint density at radius 2 is 0.564 bits per heavy atom. The summed E-state index contributed by atoms with van der Waals surface area (Å²) in [5.74, 6) is 2.12. The maximum Gasteiger partial charge on any atom is 0.308 e. The molecule has 2 amide bonds. The molecule has 0 aliphatic rings. The number of nitrogens with one attached hydrogen (secondary N) is 3. The fourth-order valence-corrected chi connectivity index (χ4v) is 15.1. The third kappa shape index (κ3) is 35.0. The molecule has 0 aliphatic heterocycles. The number of aromatic hydroxyl groups is 3. The second-order valence-electron chi connectivity index (χ2n) is 34.4. The Balaban J connectivity index is 0.000000179. The Hall–Kier alpha value is -17.8. The Bertz CT molecular complexity index is 7090. The maximum atomic E-state index is 12.8. The first-order valence-corrected chi connectivity index (χ1v) is 48.7. The summed E-state index contributed by atoms with van der Waals surface area (Å²) in [7, 11) is 6.33. The van der Waals surface area contributed by atoms with Crippen LogP contribution in [0.2, 0.25) is 0 Å². The molecule has 149 heavy (non-hydrogen) atoms. The summed E-state index contributed by atoms with van der Waals surface area (Å²) < 4.78 is 31.0. The van der Waals surface area contributed by atoms with Gasteiger partial charge in [-0.3, -0.25) is 47.9 Å². The van der Waals surface area contributed by atoms with Crippen LogP contribution in [0.5, 0.6) is 51.7 Å². The average molecular weight is 2010 g/mol. The number of rotatable bonds is 33. The lowest BCUT2D eigenvalue weighted by Gasteiger charge is -2.12. The second-order valence-corrected chi connectivity index (χ2v) is 34.9. The van der Waals surface area contributed by atoms with Crippen molar-refractivity contribution in [2.45, 2.75) is 105 Å². The Kier molecular flexibility index (Phi) is 44.2. The molecule has 0 unspecified atom stereocenters. The molecule has 16 rings (SSSR count). The fraction of sp³-hybridized carbons (Fsp3) is 0.159. The van der Waals surface area contributed by atoms with E-state index in [1.54, 1.807) is 295 Å². The lowest BCUT2D eigenvalue weighted by molar-refractivity contribution is -0.131. The number of hydrogen-bond acceptors (Lipinski definition) is 21. The minimum atomic E-state index is -0.416. The van der Waals surface area contributed by atoms with Crippen LogP contribution in [0.25, 0.3) is 0 Å². The average Bonchev–Trinajstić information content (AvgIpc) is 0.844. The van der Waals surface area contributed by atoms with Gasteiger partial charge in [-0.15, -0.1) is 12.6 Å². The molecule has 0 aromatic heterocycles. The molecule has 0 fully saturated rings. The minimum absolute atomic E-state index is 0.00495. The number of esters is 1. The number of anilines is 3. The number of benzene rings is 16. The van der Waals surface area contributed by atoms with Gasteiger partial charge < -0.3 is 59.7 Å². The largest absolute Gasteiger partial charge is 0.507 e. The van der Waals surface area contributed by atoms with Gasteiger partial charge in [0.05, 0.1) is 63.1 Å². The number of thiol groups is 1. The van der Waals surface area contributed by atoms with Crippen LogP contribution in [0, 0.1) is 34.6 Å². The third-order valence-corrected chi connectivity index (χ3v) is 23.4. The third-order valence-electron chi connectivity index (χ3n) is 23.0. The number of ketones is 7. The van der Waals surface area contributed by atoms with Crippen molar-refractivity contribution in [3.05, 3.63) is 493 Å². The molecule has 0 atom stereocenters. The summed E-state index contributed by atoms with van der Waals surface area (Å²) in [6.45, 7) is 16.0. The molecule has 0 heterocycles. The summed E-state index contributed by atoms with van der Waals surface area (Å²) in [5.41, 5.74) is 15.7. The molecular formula is C126H121N3O19S. The van der Waals surface area contributed by atoms with E-state index in [9.17, 15) is 63.3 Å². The number of amides is 2. The van der Waals surface area contributed by atoms with E-state index in [0.717, 1.165) is 45.9 Å². The van der Waals surface area contributed by atoms with Gasteiger partial charge in [-0.25, -0.2) is 0 Å². The Morgan fingerprint density at radius 1 is 0.275 bits per heavy atom. The van der Waals surface area contributed by atoms with E-state index in [0.29, 0.717) is 130 Å². The highest BCUT2D eigenvalue weighted by molar-refractivity contribution is 7.80. The molecule has 0 radical (unpaired) electrons. The molecule has 23 heteroatoms. The Labute approximate surface area is 875 Å². The predicted octanol–water partition coefficient (Wildman–Crippen LogP) is 26.9. The normalized spacial score (nSPS) is 10.2. The van der Waals surface area contributed by atoms with Gasteiger partial charge in [0.25, 0.3) is 5.91 Å². The number of hydrogen-bond donors (Lipinski definition) is 7. The van der Waals surface area contributed by atoms with Gasteiger partial charge in [0.1, 0.15) is 51.7 Å². The van der Waals surface area contributed by atoms with E-state index in [-0.39, 0.29) is 75.1 Å². The smallest absolute Gasteiger partial charge is 0.308 e. The molecule has 0 saturated carbocycles. The molecule has 0 bridgehead atoms. The van der Waals surface area contributed by atoms with Gasteiger partial charge in [0.15, 0.2) is 40.5 Å². The summed E-state index contributed by atoms with van der Waals surface area (Å²) in [5, 5.41) is 38.3. The highest BCUT2D eigenvalue weighted by atomic mass is 32.1. The van der Waals surface area contributed by atoms with Crippen LogP contribution in [0.3, 0.4) is 0 Å². The molecule has 760 valence electrons. The molecule has 0 aliphatic carbocycles. The van der Waals surface area contributed by atoms with Gasteiger partial charge in [-0.1, -0.05) is 184 Å². The number of carbonyl (C=O) groups is 10. The monoisotopic (exact) mass is 2010 g/mol. The number of aryl methyl sites for hydroxylation is 5. The molecule has 6 N–H and O–H groups in total. The molecule has 16 aromatic rings. The van der Waals surface area contributed by atoms with Crippen molar-refractivity contribution in [3.63, 3.8) is 0 Å². The summed E-state index contributed by atoms with van der Waals surface area (Å²) in [6, 6.07) is 110. The lowest BCUT2D eigenvalue weighted by Crippen LogP contribution is -2.15. The first-order valence-electron chi connectivity index (χ1n) is 48.2. The number of phenols is 3. The van der Waals surface area contributed by atoms with E-state index in [1.165, 1.54) is 57.1 Å². The van der Waals surface area contributed by atoms with Crippen LogP contribution < -0.4 is 44.4 Å². The molecular weight excluding hydrogens is 1890 g/mol. The number of phenolic OH excluding ortho intramolecular Hbond substituents is 3. The van der Waals surface area contributed by atoms with Gasteiger partial charge in [0, 0.05) is 97.7 Å². The quantitative estimate of drug-likeness (QED) is 0.00660. The number of methoxy groups -OCH3 is 4. The maximum absolute atomic E-state index is 12.8. The molecule has 0 saturated heterocycles. The van der Waals surface area contributed by atoms with Gasteiger partial charge in [-0.05, 0) is 306 Å². The van der Waals surface area contributed by atoms with Crippen molar-refractivity contribution in [2.24, 2.45) is 0 Å². The first-order chi connectivity index (χ1) is 71.8. The first kappa shape index (κ1) is 113. The van der Waals surface area contributed by atoms with Crippen LogP contribution in [-0.2, 0) is 16.1 Å². The number of ether oxygens (including phenoxy) is 6. The van der Waals surface area contributed by atoms with Crippen molar-refractivity contribution in [1.82, 2.24) is 0 Å². The van der Waals surface area contributed by atoms with Crippen LogP contribution >= 0.6 is 12.6 Å².